The molecule has 1 atom stereocenters. The summed E-state index contributed by atoms with van der Waals surface area (Å²) in [7, 11) is 0. The van der Waals surface area contributed by atoms with E-state index in [0.29, 0.717) is 25.6 Å². The van der Waals surface area contributed by atoms with Gasteiger partial charge in [-0.2, -0.15) is 0 Å². The summed E-state index contributed by atoms with van der Waals surface area (Å²) in [6.45, 7) is 5.92. The fourth-order valence-corrected chi connectivity index (χ4v) is 2.27. The van der Waals surface area contributed by atoms with Crippen molar-refractivity contribution >= 4 is 6.09 Å². The first-order valence-electron chi connectivity index (χ1n) is 8.35. The molecule has 0 saturated carbocycles. The Hall–Kier alpha value is -0.770. The van der Waals surface area contributed by atoms with Gasteiger partial charge in [0, 0.05) is 13.1 Å². The molecule has 0 radical (unpaired) electrons. The van der Waals surface area contributed by atoms with E-state index in [1.54, 1.807) is 0 Å². The van der Waals surface area contributed by atoms with E-state index in [2.05, 4.69) is 19.2 Å². The van der Waals surface area contributed by atoms with Crippen LogP contribution in [0.4, 0.5) is 4.79 Å². The second kappa shape index (κ2) is 14.6. The molecule has 0 rings (SSSR count). The molecule has 0 fully saturated rings. The van der Waals surface area contributed by atoms with Crippen molar-refractivity contribution in [3.05, 3.63) is 0 Å². The minimum atomic E-state index is -0.329. The molecule has 0 bridgehead atoms. The zero-order valence-corrected chi connectivity index (χ0v) is 13.5. The number of ether oxygens (including phenoxy) is 1. The third-order valence-electron chi connectivity index (χ3n) is 3.55. The van der Waals surface area contributed by atoms with E-state index in [1.165, 1.54) is 57.8 Å². The molecule has 0 aromatic heterocycles. The van der Waals surface area contributed by atoms with Crippen LogP contribution < -0.4 is 11.1 Å². The highest BCUT2D eigenvalue weighted by molar-refractivity contribution is 5.67. The molecular formula is C16H34N2O2. The third-order valence-corrected chi connectivity index (χ3v) is 3.55. The molecule has 0 spiro atoms. The van der Waals surface area contributed by atoms with Gasteiger partial charge in [-0.3, -0.25) is 0 Å². The monoisotopic (exact) mass is 286 g/mol. The maximum atomic E-state index is 11.4. The Bertz CT molecular complexity index is 223. The van der Waals surface area contributed by atoms with E-state index in [1.807, 2.05) is 0 Å². The Morgan fingerprint density at radius 3 is 2.25 bits per heavy atom. The fraction of sp³-hybridized carbons (Fsp3) is 0.938. The van der Waals surface area contributed by atoms with Crippen LogP contribution in [0, 0.1) is 5.92 Å². The highest BCUT2D eigenvalue weighted by Crippen LogP contribution is 2.18. The van der Waals surface area contributed by atoms with E-state index < -0.39 is 0 Å². The van der Waals surface area contributed by atoms with Gasteiger partial charge in [0.25, 0.3) is 0 Å². The number of alkyl carbamates (subject to hydrolysis) is 1. The van der Waals surface area contributed by atoms with Crippen molar-refractivity contribution in [3.63, 3.8) is 0 Å². The van der Waals surface area contributed by atoms with Crippen LogP contribution in [0.1, 0.15) is 71.6 Å². The summed E-state index contributed by atoms with van der Waals surface area (Å²) >= 11 is 0. The summed E-state index contributed by atoms with van der Waals surface area (Å²) in [5, 5.41) is 2.65. The minimum absolute atomic E-state index is 0.329. The Morgan fingerprint density at radius 2 is 1.65 bits per heavy atom. The largest absolute Gasteiger partial charge is 0.449 e. The second-order valence-corrected chi connectivity index (χ2v) is 5.53. The van der Waals surface area contributed by atoms with Crippen LogP contribution in [0.3, 0.4) is 0 Å². The number of amides is 1. The molecule has 4 heteroatoms. The summed E-state index contributed by atoms with van der Waals surface area (Å²) in [5.41, 5.74) is 5.34. The van der Waals surface area contributed by atoms with Crippen LogP contribution in [-0.4, -0.2) is 25.8 Å². The number of hydrogen-bond donors (Lipinski definition) is 2. The van der Waals surface area contributed by atoms with Crippen LogP contribution in [0.15, 0.2) is 0 Å². The van der Waals surface area contributed by atoms with E-state index in [0.717, 1.165) is 0 Å². The molecule has 0 aliphatic heterocycles. The average molecular weight is 286 g/mol. The van der Waals surface area contributed by atoms with Crippen molar-refractivity contribution in [1.29, 1.82) is 0 Å². The number of hydrogen-bond acceptors (Lipinski definition) is 3. The molecule has 0 aromatic carbocycles. The predicted octanol–water partition coefficient (Wildman–Crippen LogP) is 3.84. The summed E-state index contributed by atoms with van der Waals surface area (Å²) in [4.78, 5) is 11.4. The lowest BCUT2D eigenvalue weighted by atomic mass is 9.95. The van der Waals surface area contributed by atoms with Crippen molar-refractivity contribution in [3.8, 4) is 0 Å². The van der Waals surface area contributed by atoms with Gasteiger partial charge < -0.3 is 15.8 Å². The zero-order valence-electron chi connectivity index (χ0n) is 13.5. The van der Waals surface area contributed by atoms with E-state index in [4.69, 9.17) is 10.5 Å². The highest BCUT2D eigenvalue weighted by atomic mass is 16.5. The van der Waals surface area contributed by atoms with Crippen molar-refractivity contribution < 1.29 is 9.53 Å². The Kier molecular flexibility index (Phi) is 14.1. The number of carbonyl (C=O) groups is 1. The zero-order chi connectivity index (χ0) is 15.1. The van der Waals surface area contributed by atoms with Crippen LogP contribution in [0.25, 0.3) is 0 Å². The van der Waals surface area contributed by atoms with Gasteiger partial charge >= 0.3 is 6.09 Å². The standard InChI is InChI=1S/C16H34N2O2/c1-3-5-7-9-11-15(10-8-6-4-2)14-20-16(19)18-13-12-17/h15H,3-14,17H2,1-2H3,(H,18,19). The minimum Gasteiger partial charge on any atom is -0.449 e. The summed E-state index contributed by atoms with van der Waals surface area (Å²) in [6, 6.07) is 0. The molecule has 0 aliphatic rings. The molecule has 1 unspecified atom stereocenters. The molecule has 0 aliphatic carbocycles. The van der Waals surface area contributed by atoms with Gasteiger partial charge in [0.15, 0.2) is 0 Å². The predicted molar refractivity (Wildman–Crippen MR) is 84.8 cm³/mol. The lowest BCUT2D eigenvalue weighted by Crippen LogP contribution is -2.30. The summed E-state index contributed by atoms with van der Waals surface area (Å²) in [5.74, 6) is 0.516. The molecule has 1 amide bonds. The quantitative estimate of drug-likeness (QED) is 0.506. The highest BCUT2D eigenvalue weighted by Gasteiger charge is 2.11. The Morgan fingerprint density at radius 1 is 1.05 bits per heavy atom. The van der Waals surface area contributed by atoms with Gasteiger partial charge in [-0.05, 0) is 18.8 Å². The first kappa shape index (κ1) is 19.2. The molecule has 0 saturated heterocycles. The molecule has 20 heavy (non-hydrogen) atoms. The molecular weight excluding hydrogens is 252 g/mol. The molecule has 120 valence electrons. The first-order valence-corrected chi connectivity index (χ1v) is 8.35. The number of unbranched alkanes of at least 4 members (excludes halogenated alkanes) is 5. The van der Waals surface area contributed by atoms with Crippen molar-refractivity contribution in [1.82, 2.24) is 5.32 Å². The summed E-state index contributed by atoms with van der Waals surface area (Å²) in [6.07, 6.45) is 10.9. The summed E-state index contributed by atoms with van der Waals surface area (Å²) < 4.78 is 5.29. The van der Waals surface area contributed by atoms with Crippen LogP contribution in [0.5, 0.6) is 0 Å². The number of carbonyl (C=O) groups excluding carboxylic acids is 1. The fourth-order valence-electron chi connectivity index (χ4n) is 2.27. The maximum absolute atomic E-state index is 11.4. The Labute approximate surface area is 124 Å². The average Bonchev–Trinajstić information content (AvgIpc) is 2.46. The van der Waals surface area contributed by atoms with Crippen LogP contribution in [0.2, 0.25) is 0 Å². The number of nitrogens with two attached hydrogens (primary N) is 1. The van der Waals surface area contributed by atoms with Gasteiger partial charge in [-0.25, -0.2) is 4.79 Å². The maximum Gasteiger partial charge on any atom is 0.407 e. The van der Waals surface area contributed by atoms with Crippen molar-refractivity contribution in [2.75, 3.05) is 19.7 Å². The van der Waals surface area contributed by atoms with Crippen molar-refractivity contribution in [2.24, 2.45) is 11.7 Å². The van der Waals surface area contributed by atoms with Gasteiger partial charge in [-0.1, -0.05) is 58.8 Å². The van der Waals surface area contributed by atoms with E-state index in [9.17, 15) is 4.79 Å². The number of rotatable bonds is 13. The topological polar surface area (TPSA) is 64.3 Å². The van der Waals surface area contributed by atoms with E-state index in [-0.39, 0.29) is 6.09 Å². The molecule has 4 nitrogen and oxygen atoms in total. The van der Waals surface area contributed by atoms with Gasteiger partial charge in [0.05, 0.1) is 6.61 Å². The van der Waals surface area contributed by atoms with Crippen LogP contribution in [-0.2, 0) is 4.74 Å². The van der Waals surface area contributed by atoms with E-state index >= 15 is 0 Å². The normalized spacial score (nSPS) is 12.2. The Balaban J connectivity index is 3.86. The third kappa shape index (κ3) is 12.3. The lowest BCUT2D eigenvalue weighted by molar-refractivity contribution is 0.120. The first-order chi connectivity index (χ1) is 9.74. The smallest absolute Gasteiger partial charge is 0.407 e. The second-order valence-electron chi connectivity index (χ2n) is 5.53. The molecule has 3 N–H and O–H groups in total. The number of nitrogens with one attached hydrogen (secondary N) is 1. The molecule has 0 aromatic rings. The van der Waals surface area contributed by atoms with Gasteiger partial charge in [0.1, 0.15) is 0 Å². The van der Waals surface area contributed by atoms with Gasteiger partial charge in [0.2, 0.25) is 0 Å². The van der Waals surface area contributed by atoms with Crippen molar-refractivity contribution in [2.45, 2.75) is 71.6 Å². The SMILES string of the molecule is CCCCCCC(CCCCC)COC(=O)NCCN. The van der Waals surface area contributed by atoms with Gasteiger partial charge in [-0.15, -0.1) is 0 Å². The lowest BCUT2D eigenvalue weighted by Gasteiger charge is -2.17. The molecule has 0 heterocycles. The van der Waals surface area contributed by atoms with Crippen LogP contribution >= 0.6 is 0 Å².